The molecule has 158 valence electrons. The van der Waals surface area contributed by atoms with Crippen molar-refractivity contribution < 1.29 is 9.21 Å². The summed E-state index contributed by atoms with van der Waals surface area (Å²) in [5.41, 5.74) is 2.20. The number of nitrogens with zero attached hydrogens (tertiary/aromatic N) is 3. The number of hydrogen-bond donors (Lipinski definition) is 3. The van der Waals surface area contributed by atoms with Crippen molar-refractivity contribution in [2.75, 3.05) is 19.6 Å². The van der Waals surface area contributed by atoms with E-state index in [0.29, 0.717) is 37.0 Å². The average Bonchev–Trinajstić information content (AvgIpc) is 3.25. The molecule has 0 fully saturated rings. The fourth-order valence-electron chi connectivity index (χ4n) is 2.55. The normalized spacial score (nSPS) is 10.8. The molecule has 0 bridgehead atoms. The first kappa shape index (κ1) is 23.3. The van der Waals surface area contributed by atoms with Crippen LogP contribution in [0.2, 0.25) is 0 Å². The number of guanidine groups is 1. The summed E-state index contributed by atoms with van der Waals surface area (Å²) in [5, 5.41) is 9.20. The largest absolute Gasteiger partial charge is 0.444 e. The lowest BCUT2D eigenvalue weighted by Gasteiger charge is -2.11. The van der Waals surface area contributed by atoms with E-state index < -0.39 is 0 Å². The summed E-state index contributed by atoms with van der Waals surface area (Å²) >= 11 is 0. The van der Waals surface area contributed by atoms with E-state index in [1.807, 2.05) is 37.3 Å². The Morgan fingerprint density at radius 2 is 1.87 bits per heavy atom. The van der Waals surface area contributed by atoms with Crippen LogP contribution in [0.15, 0.2) is 70.5 Å². The molecule has 0 aliphatic rings. The van der Waals surface area contributed by atoms with E-state index in [4.69, 9.17) is 4.42 Å². The Morgan fingerprint density at radius 1 is 1.07 bits per heavy atom. The predicted octanol–water partition coefficient (Wildman–Crippen LogP) is 2.84. The number of carbonyl (C=O) groups is 1. The summed E-state index contributed by atoms with van der Waals surface area (Å²) in [6, 6.07) is 13.2. The van der Waals surface area contributed by atoms with Gasteiger partial charge >= 0.3 is 0 Å². The van der Waals surface area contributed by atoms with Crippen molar-refractivity contribution in [1.82, 2.24) is 25.9 Å². The minimum Gasteiger partial charge on any atom is -0.444 e. The Morgan fingerprint density at radius 3 is 2.60 bits per heavy atom. The van der Waals surface area contributed by atoms with Gasteiger partial charge in [-0.3, -0.25) is 9.78 Å². The standard InChI is InChI=1S/C21H24N6O2.HI/c1-2-23-21(25-12-11-24-19(28)17-9-6-10-22-13-17)26-14-18-15-29-20(27-18)16-7-4-3-5-8-16;/h3-10,13,15H,2,11-12,14H2,1H3,(H,24,28)(H2,23,25,26);1H. The molecule has 0 radical (unpaired) electrons. The van der Waals surface area contributed by atoms with E-state index in [0.717, 1.165) is 17.8 Å². The number of rotatable bonds is 8. The maximum atomic E-state index is 12.0. The van der Waals surface area contributed by atoms with Gasteiger partial charge in [-0.15, -0.1) is 24.0 Å². The zero-order chi connectivity index (χ0) is 20.3. The van der Waals surface area contributed by atoms with Crippen molar-refractivity contribution in [3.8, 4) is 11.5 Å². The summed E-state index contributed by atoms with van der Waals surface area (Å²) < 4.78 is 5.54. The van der Waals surface area contributed by atoms with E-state index in [1.165, 1.54) is 6.20 Å². The Balaban J connectivity index is 0.00000320. The number of halogens is 1. The summed E-state index contributed by atoms with van der Waals surface area (Å²) in [6.45, 7) is 4.09. The molecule has 0 unspecified atom stereocenters. The first-order chi connectivity index (χ1) is 14.3. The highest BCUT2D eigenvalue weighted by Gasteiger charge is 2.07. The number of oxazole rings is 1. The molecular weight excluding hydrogens is 495 g/mol. The van der Waals surface area contributed by atoms with Crippen LogP contribution in [-0.4, -0.2) is 41.5 Å². The number of aromatic nitrogens is 2. The van der Waals surface area contributed by atoms with Crippen LogP contribution in [0.4, 0.5) is 0 Å². The lowest BCUT2D eigenvalue weighted by molar-refractivity contribution is 0.0954. The molecular formula is C21H25IN6O2. The van der Waals surface area contributed by atoms with Crippen molar-refractivity contribution in [2.24, 2.45) is 4.99 Å². The Kier molecular flexibility index (Phi) is 9.78. The van der Waals surface area contributed by atoms with Gasteiger partial charge < -0.3 is 20.4 Å². The summed E-state index contributed by atoms with van der Waals surface area (Å²) in [6.07, 6.45) is 4.79. The minimum absolute atomic E-state index is 0. The molecule has 3 rings (SSSR count). The quantitative estimate of drug-likeness (QED) is 0.183. The topological polar surface area (TPSA) is 104 Å². The van der Waals surface area contributed by atoms with Gasteiger partial charge in [0.1, 0.15) is 12.0 Å². The number of carbonyl (C=O) groups excluding carboxylic acids is 1. The van der Waals surface area contributed by atoms with Gasteiger partial charge in [0.05, 0.1) is 12.1 Å². The first-order valence-corrected chi connectivity index (χ1v) is 9.46. The molecule has 30 heavy (non-hydrogen) atoms. The molecule has 0 aliphatic carbocycles. The maximum Gasteiger partial charge on any atom is 0.252 e. The average molecular weight is 520 g/mol. The molecule has 8 nitrogen and oxygen atoms in total. The zero-order valence-corrected chi connectivity index (χ0v) is 19.0. The van der Waals surface area contributed by atoms with E-state index in [-0.39, 0.29) is 29.9 Å². The van der Waals surface area contributed by atoms with Gasteiger partial charge in [-0.1, -0.05) is 18.2 Å². The summed E-state index contributed by atoms with van der Waals surface area (Å²) in [5.74, 6) is 1.07. The third-order valence-corrected chi connectivity index (χ3v) is 3.94. The first-order valence-electron chi connectivity index (χ1n) is 9.46. The molecule has 9 heteroatoms. The van der Waals surface area contributed by atoms with Crippen molar-refractivity contribution in [3.63, 3.8) is 0 Å². The number of pyridine rings is 1. The molecule has 0 saturated carbocycles. The lowest BCUT2D eigenvalue weighted by atomic mass is 10.2. The SMILES string of the molecule is CCNC(=NCc1coc(-c2ccccc2)n1)NCCNC(=O)c1cccnc1.I. The highest BCUT2D eigenvalue weighted by Crippen LogP contribution is 2.18. The van der Waals surface area contributed by atoms with E-state index in [9.17, 15) is 4.79 Å². The highest BCUT2D eigenvalue weighted by atomic mass is 127. The minimum atomic E-state index is -0.155. The number of aliphatic imine (C=N–C) groups is 1. The van der Waals surface area contributed by atoms with Gasteiger partial charge in [0.15, 0.2) is 5.96 Å². The lowest BCUT2D eigenvalue weighted by Crippen LogP contribution is -2.41. The predicted molar refractivity (Wildman–Crippen MR) is 127 cm³/mol. The van der Waals surface area contributed by atoms with Gasteiger partial charge in [-0.2, -0.15) is 0 Å². The molecule has 0 saturated heterocycles. The van der Waals surface area contributed by atoms with Crippen LogP contribution in [-0.2, 0) is 6.54 Å². The van der Waals surface area contributed by atoms with E-state index >= 15 is 0 Å². The van der Waals surface area contributed by atoms with Crippen LogP contribution in [0.1, 0.15) is 23.0 Å². The number of hydrogen-bond acceptors (Lipinski definition) is 5. The summed E-state index contributed by atoms with van der Waals surface area (Å²) in [4.78, 5) is 24.9. The molecule has 1 aromatic carbocycles. The summed E-state index contributed by atoms with van der Waals surface area (Å²) in [7, 11) is 0. The Labute approximate surface area is 192 Å². The third-order valence-electron chi connectivity index (χ3n) is 3.94. The van der Waals surface area contributed by atoms with Crippen LogP contribution >= 0.6 is 24.0 Å². The molecule has 1 amide bonds. The fraction of sp³-hybridized carbons (Fsp3) is 0.238. The van der Waals surface area contributed by atoms with Gasteiger partial charge in [-0.05, 0) is 31.2 Å². The molecule has 2 aromatic heterocycles. The number of nitrogens with one attached hydrogen (secondary N) is 3. The molecule has 3 N–H and O–H groups in total. The molecule has 2 heterocycles. The Hall–Kier alpha value is -2.95. The number of amides is 1. The van der Waals surface area contributed by atoms with Crippen LogP contribution < -0.4 is 16.0 Å². The molecule has 3 aromatic rings. The molecule has 0 aliphatic heterocycles. The maximum absolute atomic E-state index is 12.0. The fourth-order valence-corrected chi connectivity index (χ4v) is 2.55. The van der Waals surface area contributed by atoms with Crippen molar-refractivity contribution in [2.45, 2.75) is 13.5 Å². The molecule has 0 atom stereocenters. The highest BCUT2D eigenvalue weighted by molar-refractivity contribution is 14.0. The van der Waals surface area contributed by atoms with Crippen molar-refractivity contribution in [3.05, 3.63) is 72.4 Å². The second kappa shape index (κ2) is 12.6. The van der Waals surface area contributed by atoms with Gasteiger partial charge in [0.2, 0.25) is 5.89 Å². The second-order valence-electron chi connectivity index (χ2n) is 6.13. The van der Waals surface area contributed by atoms with Crippen LogP contribution in [0.25, 0.3) is 11.5 Å². The van der Waals surface area contributed by atoms with E-state index in [2.05, 4.69) is 30.9 Å². The van der Waals surface area contributed by atoms with Gasteiger partial charge in [0, 0.05) is 37.6 Å². The van der Waals surface area contributed by atoms with Crippen molar-refractivity contribution >= 4 is 35.8 Å². The zero-order valence-electron chi connectivity index (χ0n) is 16.7. The Bertz CT molecular complexity index is 931. The van der Waals surface area contributed by atoms with Gasteiger partial charge in [0.25, 0.3) is 5.91 Å². The second-order valence-corrected chi connectivity index (χ2v) is 6.13. The third kappa shape index (κ3) is 7.14. The molecule has 0 spiro atoms. The monoisotopic (exact) mass is 520 g/mol. The van der Waals surface area contributed by atoms with Crippen LogP contribution in [0.3, 0.4) is 0 Å². The van der Waals surface area contributed by atoms with Crippen molar-refractivity contribution in [1.29, 1.82) is 0 Å². The van der Waals surface area contributed by atoms with Crippen LogP contribution in [0, 0.1) is 0 Å². The van der Waals surface area contributed by atoms with Gasteiger partial charge in [-0.25, -0.2) is 9.98 Å². The van der Waals surface area contributed by atoms with Crippen LogP contribution in [0.5, 0.6) is 0 Å². The smallest absolute Gasteiger partial charge is 0.252 e. The number of benzene rings is 1. The van der Waals surface area contributed by atoms with E-state index in [1.54, 1.807) is 24.6 Å².